The largest absolute Gasteiger partial charge is 0.352 e. The summed E-state index contributed by atoms with van der Waals surface area (Å²) in [5.41, 5.74) is 2.76. The smallest absolute Gasteiger partial charge is 0.128 e. The van der Waals surface area contributed by atoms with Crippen molar-refractivity contribution in [3.8, 4) is 0 Å². The molecule has 1 saturated heterocycles. The van der Waals surface area contributed by atoms with Crippen LogP contribution >= 0.6 is 0 Å². The lowest BCUT2D eigenvalue weighted by Gasteiger charge is -2.36. The van der Waals surface area contributed by atoms with Gasteiger partial charge in [-0.15, -0.1) is 0 Å². The number of likely N-dealkylation sites (tertiary alicyclic amines) is 1. The summed E-state index contributed by atoms with van der Waals surface area (Å²) in [6.07, 6.45) is 5.94. The second-order valence-electron chi connectivity index (χ2n) is 8.01. The van der Waals surface area contributed by atoms with E-state index >= 15 is 0 Å². The first-order valence-corrected chi connectivity index (χ1v) is 10.1. The fraction of sp³-hybridized carbons (Fsp3) is 0.522. The van der Waals surface area contributed by atoms with Gasteiger partial charge in [0.1, 0.15) is 5.82 Å². The summed E-state index contributed by atoms with van der Waals surface area (Å²) >= 11 is 0. The molecule has 1 aliphatic rings. The topological polar surface area (TPSA) is 19.4 Å². The Balaban J connectivity index is 1.77. The molecule has 0 bridgehead atoms. The first kappa shape index (κ1) is 18.9. The Hall–Kier alpha value is -1.87. The Labute approximate surface area is 159 Å². The molecule has 0 saturated carbocycles. The van der Waals surface area contributed by atoms with Crippen LogP contribution in [0.4, 0.5) is 5.82 Å². The van der Waals surface area contributed by atoms with E-state index in [9.17, 15) is 0 Å². The summed E-state index contributed by atoms with van der Waals surface area (Å²) < 4.78 is 0. The standard InChI is InChI=1S/C23H33N3/c1-18(2)26(19(3)4)23-14-13-21(16-24-23)22-12-8-9-15-25(22)17-20-10-6-5-7-11-20/h5-7,10-11,13-14,16,18-19,22H,8-9,12,15,17H2,1-4H3. The molecule has 2 heterocycles. The van der Waals surface area contributed by atoms with Crippen LogP contribution in [0.3, 0.4) is 0 Å². The van der Waals surface area contributed by atoms with Crippen molar-refractivity contribution < 1.29 is 0 Å². The van der Waals surface area contributed by atoms with Crippen molar-refractivity contribution >= 4 is 5.82 Å². The number of rotatable bonds is 6. The highest BCUT2D eigenvalue weighted by molar-refractivity contribution is 5.41. The number of piperidine rings is 1. The summed E-state index contributed by atoms with van der Waals surface area (Å²) in [5, 5.41) is 0. The van der Waals surface area contributed by atoms with E-state index in [4.69, 9.17) is 4.98 Å². The van der Waals surface area contributed by atoms with Crippen molar-refractivity contribution in [3.05, 3.63) is 59.8 Å². The minimum absolute atomic E-state index is 0.456. The third-order valence-electron chi connectivity index (χ3n) is 5.37. The molecule has 3 heteroatoms. The van der Waals surface area contributed by atoms with Crippen molar-refractivity contribution in [1.29, 1.82) is 0 Å². The predicted octanol–water partition coefficient (Wildman–Crippen LogP) is 5.43. The minimum Gasteiger partial charge on any atom is -0.352 e. The third-order valence-corrected chi connectivity index (χ3v) is 5.37. The second-order valence-corrected chi connectivity index (χ2v) is 8.01. The van der Waals surface area contributed by atoms with Crippen molar-refractivity contribution in [2.75, 3.05) is 11.4 Å². The molecule has 1 aromatic carbocycles. The van der Waals surface area contributed by atoms with Crippen molar-refractivity contribution in [1.82, 2.24) is 9.88 Å². The first-order chi connectivity index (χ1) is 12.6. The molecule has 0 aliphatic carbocycles. The first-order valence-electron chi connectivity index (χ1n) is 10.1. The van der Waals surface area contributed by atoms with Crippen LogP contribution < -0.4 is 4.90 Å². The lowest BCUT2D eigenvalue weighted by Crippen LogP contribution is -2.37. The van der Waals surface area contributed by atoms with Gasteiger partial charge in [0.05, 0.1) is 0 Å². The number of benzene rings is 1. The molecular weight excluding hydrogens is 318 g/mol. The normalized spacial score (nSPS) is 18.5. The molecule has 0 N–H and O–H groups in total. The highest BCUT2D eigenvalue weighted by Gasteiger charge is 2.25. The highest BCUT2D eigenvalue weighted by atomic mass is 15.2. The average molecular weight is 352 g/mol. The molecule has 3 nitrogen and oxygen atoms in total. The lowest BCUT2D eigenvalue weighted by atomic mass is 9.95. The van der Waals surface area contributed by atoms with E-state index in [2.05, 4.69) is 86.2 Å². The summed E-state index contributed by atoms with van der Waals surface area (Å²) in [4.78, 5) is 9.84. The molecule has 1 unspecified atom stereocenters. The Morgan fingerprint density at radius 2 is 1.73 bits per heavy atom. The van der Waals surface area contributed by atoms with Gasteiger partial charge in [0.25, 0.3) is 0 Å². The molecule has 1 fully saturated rings. The van der Waals surface area contributed by atoms with E-state index < -0.39 is 0 Å². The molecule has 1 aliphatic heterocycles. The predicted molar refractivity (Wildman–Crippen MR) is 110 cm³/mol. The fourth-order valence-corrected chi connectivity index (χ4v) is 4.25. The molecule has 0 spiro atoms. The Bertz CT molecular complexity index is 656. The van der Waals surface area contributed by atoms with Crippen LogP contribution in [-0.2, 0) is 6.54 Å². The van der Waals surface area contributed by atoms with Gasteiger partial charge in [0.15, 0.2) is 0 Å². The van der Waals surface area contributed by atoms with Gasteiger partial charge in [-0.1, -0.05) is 42.8 Å². The molecule has 1 aromatic heterocycles. The van der Waals surface area contributed by atoms with Crippen LogP contribution in [0.15, 0.2) is 48.7 Å². The molecule has 0 radical (unpaired) electrons. The van der Waals surface area contributed by atoms with Crippen LogP contribution in [0.25, 0.3) is 0 Å². The number of anilines is 1. The van der Waals surface area contributed by atoms with Crippen LogP contribution in [0.1, 0.15) is 64.1 Å². The van der Waals surface area contributed by atoms with Gasteiger partial charge in [-0.3, -0.25) is 4.90 Å². The zero-order valence-electron chi connectivity index (χ0n) is 16.7. The van der Waals surface area contributed by atoms with Crippen molar-refractivity contribution in [3.63, 3.8) is 0 Å². The SMILES string of the molecule is CC(C)N(c1ccc(C2CCCCN2Cc2ccccc2)cn1)C(C)C. The van der Waals surface area contributed by atoms with Gasteiger partial charge in [-0.2, -0.15) is 0 Å². The zero-order chi connectivity index (χ0) is 18.5. The molecule has 1 atom stereocenters. The maximum Gasteiger partial charge on any atom is 0.128 e. The monoisotopic (exact) mass is 351 g/mol. The molecular formula is C23H33N3. The summed E-state index contributed by atoms with van der Waals surface area (Å²) in [7, 11) is 0. The second kappa shape index (κ2) is 8.68. The molecule has 3 rings (SSSR count). The Morgan fingerprint density at radius 3 is 2.35 bits per heavy atom. The maximum absolute atomic E-state index is 4.84. The van der Waals surface area contributed by atoms with Crippen LogP contribution in [0.2, 0.25) is 0 Å². The lowest BCUT2D eigenvalue weighted by molar-refractivity contribution is 0.140. The van der Waals surface area contributed by atoms with Gasteiger partial charge in [-0.05, 0) is 64.3 Å². The third kappa shape index (κ3) is 4.45. The van der Waals surface area contributed by atoms with Crippen LogP contribution in [0, 0.1) is 0 Å². The van der Waals surface area contributed by atoms with Gasteiger partial charge in [0, 0.05) is 30.9 Å². The molecule has 26 heavy (non-hydrogen) atoms. The fourth-order valence-electron chi connectivity index (χ4n) is 4.25. The molecule has 2 aromatic rings. The Kier molecular flexibility index (Phi) is 6.31. The number of pyridine rings is 1. The summed E-state index contributed by atoms with van der Waals surface area (Å²) in [6, 6.07) is 16.7. The minimum atomic E-state index is 0.456. The van der Waals surface area contributed by atoms with Gasteiger partial charge < -0.3 is 4.90 Å². The van der Waals surface area contributed by atoms with Crippen molar-refractivity contribution in [2.24, 2.45) is 0 Å². The number of hydrogen-bond acceptors (Lipinski definition) is 3. The van der Waals surface area contributed by atoms with E-state index in [1.54, 1.807) is 0 Å². The summed E-state index contributed by atoms with van der Waals surface area (Å²) in [5.74, 6) is 1.09. The number of nitrogens with zero attached hydrogens (tertiary/aromatic N) is 3. The van der Waals surface area contributed by atoms with Crippen LogP contribution in [0.5, 0.6) is 0 Å². The van der Waals surface area contributed by atoms with Gasteiger partial charge in [0.2, 0.25) is 0 Å². The van der Waals surface area contributed by atoms with Crippen molar-refractivity contribution in [2.45, 2.75) is 71.6 Å². The highest BCUT2D eigenvalue weighted by Crippen LogP contribution is 2.32. The average Bonchev–Trinajstić information content (AvgIpc) is 2.63. The van der Waals surface area contributed by atoms with E-state index in [0.717, 1.165) is 12.4 Å². The van der Waals surface area contributed by atoms with Gasteiger partial charge in [-0.25, -0.2) is 4.98 Å². The maximum atomic E-state index is 4.84. The van der Waals surface area contributed by atoms with E-state index in [0.29, 0.717) is 18.1 Å². The summed E-state index contributed by atoms with van der Waals surface area (Å²) in [6.45, 7) is 11.1. The molecule has 0 amide bonds. The number of hydrogen-bond donors (Lipinski definition) is 0. The van der Waals surface area contributed by atoms with Crippen LogP contribution in [-0.4, -0.2) is 28.5 Å². The van der Waals surface area contributed by atoms with E-state index in [-0.39, 0.29) is 0 Å². The Morgan fingerprint density at radius 1 is 1.00 bits per heavy atom. The molecule has 140 valence electrons. The quantitative estimate of drug-likeness (QED) is 0.691. The number of aromatic nitrogens is 1. The van der Waals surface area contributed by atoms with Gasteiger partial charge >= 0.3 is 0 Å². The van der Waals surface area contributed by atoms with E-state index in [1.807, 2.05) is 0 Å². The zero-order valence-corrected chi connectivity index (χ0v) is 16.7. The van der Waals surface area contributed by atoms with E-state index in [1.165, 1.54) is 36.9 Å².